The quantitative estimate of drug-likeness (QED) is 0.209. The SMILES string of the molecule is N#Cc1ccc(-c2ccc(-c3ccc(-c4ccc(-c5ccc(C(=O)c6ccccc6)cc5)cc4)cc3)cc2)cc1. The second-order valence-electron chi connectivity index (χ2n) is 9.69. The molecule has 188 valence electrons. The number of hydrogen-bond acceptors (Lipinski definition) is 2. The molecule has 0 saturated heterocycles. The van der Waals surface area contributed by atoms with Crippen molar-refractivity contribution in [3.63, 3.8) is 0 Å². The van der Waals surface area contributed by atoms with E-state index in [0.717, 1.165) is 44.5 Å². The van der Waals surface area contributed by atoms with Crippen molar-refractivity contribution in [2.45, 2.75) is 0 Å². The summed E-state index contributed by atoms with van der Waals surface area (Å²) in [6, 6.07) is 52.6. The van der Waals surface area contributed by atoms with E-state index < -0.39 is 0 Å². The molecule has 0 saturated carbocycles. The molecule has 6 aromatic rings. The molecular weight excluding hydrogens is 486 g/mol. The second-order valence-corrected chi connectivity index (χ2v) is 9.69. The minimum atomic E-state index is 0.0354. The largest absolute Gasteiger partial charge is 0.289 e. The van der Waals surface area contributed by atoms with Crippen molar-refractivity contribution in [2.75, 3.05) is 0 Å². The minimum absolute atomic E-state index is 0.0354. The fourth-order valence-corrected chi connectivity index (χ4v) is 4.87. The Bertz CT molecular complexity index is 1790. The number of benzene rings is 6. The number of rotatable bonds is 6. The molecule has 0 aliphatic heterocycles. The maximum atomic E-state index is 12.7. The molecule has 0 radical (unpaired) electrons. The first kappa shape index (κ1) is 24.8. The van der Waals surface area contributed by atoms with Gasteiger partial charge in [-0.15, -0.1) is 0 Å². The van der Waals surface area contributed by atoms with Crippen molar-refractivity contribution < 1.29 is 4.79 Å². The van der Waals surface area contributed by atoms with Crippen LogP contribution < -0.4 is 0 Å². The highest BCUT2D eigenvalue weighted by atomic mass is 16.1. The van der Waals surface area contributed by atoms with E-state index in [1.807, 2.05) is 78.9 Å². The zero-order valence-corrected chi connectivity index (χ0v) is 21.8. The summed E-state index contributed by atoms with van der Waals surface area (Å²) < 4.78 is 0. The van der Waals surface area contributed by atoms with Crippen LogP contribution in [0.4, 0.5) is 0 Å². The van der Waals surface area contributed by atoms with Crippen molar-refractivity contribution >= 4 is 5.78 Å². The summed E-state index contributed by atoms with van der Waals surface area (Å²) in [6.45, 7) is 0. The zero-order valence-electron chi connectivity index (χ0n) is 21.8. The standard InChI is InChI=1S/C38H25NO/c39-26-27-6-8-28(9-7-27)29-10-12-30(13-11-29)31-14-16-32(17-15-31)33-18-20-34(21-19-33)35-22-24-37(25-23-35)38(40)36-4-2-1-3-5-36/h1-25H. The van der Waals surface area contributed by atoms with E-state index in [1.54, 1.807) is 0 Å². The summed E-state index contributed by atoms with van der Waals surface area (Å²) >= 11 is 0. The maximum Gasteiger partial charge on any atom is 0.193 e. The summed E-state index contributed by atoms with van der Waals surface area (Å²) in [5.74, 6) is 0.0354. The number of ketones is 1. The Morgan fingerprint density at radius 2 is 0.650 bits per heavy atom. The Labute approximate surface area is 234 Å². The van der Waals surface area contributed by atoms with E-state index in [1.165, 1.54) is 0 Å². The predicted octanol–water partition coefficient (Wildman–Crippen LogP) is 9.46. The lowest BCUT2D eigenvalue weighted by atomic mass is 9.96. The molecular formula is C38H25NO. The molecule has 0 bridgehead atoms. The Hall–Kier alpha value is -5.52. The average Bonchev–Trinajstić information content (AvgIpc) is 3.05. The van der Waals surface area contributed by atoms with Crippen LogP contribution in [0.3, 0.4) is 0 Å². The second kappa shape index (κ2) is 11.1. The first-order valence-electron chi connectivity index (χ1n) is 13.2. The van der Waals surface area contributed by atoms with E-state index in [0.29, 0.717) is 16.7 Å². The normalized spacial score (nSPS) is 10.6. The molecule has 0 N–H and O–H groups in total. The van der Waals surface area contributed by atoms with E-state index in [4.69, 9.17) is 5.26 Å². The maximum absolute atomic E-state index is 12.7. The van der Waals surface area contributed by atoms with Crippen molar-refractivity contribution in [2.24, 2.45) is 0 Å². The van der Waals surface area contributed by atoms with E-state index in [-0.39, 0.29) is 5.78 Å². The fourth-order valence-electron chi connectivity index (χ4n) is 4.87. The van der Waals surface area contributed by atoms with Gasteiger partial charge >= 0.3 is 0 Å². The number of nitrogens with zero attached hydrogens (tertiary/aromatic N) is 1. The molecule has 0 fully saturated rings. The van der Waals surface area contributed by atoms with Crippen molar-refractivity contribution in [1.29, 1.82) is 5.26 Å². The molecule has 0 aliphatic carbocycles. The van der Waals surface area contributed by atoms with Crippen LogP contribution in [0.15, 0.2) is 152 Å². The van der Waals surface area contributed by atoms with Crippen LogP contribution in [0.2, 0.25) is 0 Å². The van der Waals surface area contributed by atoms with Gasteiger partial charge in [-0.25, -0.2) is 0 Å². The Kier molecular flexibility index (Phi) is 6.86. The van der Waals surface area contributed by atoms with Gasteiger partial charge in [-0.1, -0.05) is 140 Å². The minimum Gasteiger partial charge on any atom is -0.289 e. The van der Waals surface area contributed by atoms with Gasteiger partial charge in [-0.2, -0.15) is 5.26 Å². The lowest BCUT2D eigenvalue weighted by Crippen LogP contribution is -2.00. The van der Waals surface area contributed by atoms with Crippen LogP contribution in [0, 0.1) is 11.3 Å². The van der Waals surface area contributed by atoms with Gasteiger partial charge in [0.2, 0.25) is 0 Å². The molecule has 0 atom stereocenters. The van der Waals surface area contributed by atoms with E-state index >= 15 is 0 Å². The van der Waals surface area contributed by atoms with Crippen LogP contribution in [0.25, 0.3) is 44.5 Å². The number of nitriles is 1. The first-order chi connectivity index (χ1) is 19.7. The zero-order chi connectivity index (χ0) is 27.3. The highest BCUT2D eigenvalue weighted by Gasteiger charge is 2.09. The third-order valence-electron chi connectivity index (χ3n) is 7.19. The Balaban J connectivity index is 1.14. The predicted molar refractivity (Wildman–Crippen MR) is 163 cm³/mol. The smallest absolute Gasteiger partial charge is 0.193 e. The van der Waals surface area contributed by atoms with Crippen LogP contribution in [-0.2, 0) is 0 Å². The molecule has 0 amide bonds. The van der Waals surface area contributed by atoms with Gasteiger partial charge in [0.15, 0.2) is 5.78 Å². The molecule has 0 aliphatic rings. The Morgan fingerprint density at radius 3 is 0.975 bits per heavy atom. The lowest BCUT2D eigenvalue weighted by molar-refractivity contribution is 0.103. The third kappa shape index (κ3) is 5.23. The number of carbonyl (C=O) groups excluding carboxylic acids is 1. The van der Waals surface area contributed by atoms with Gasteiger partial charge < -0.3 is 0 Å². The van der Waals surface area contributed by atoms with Gasteiger partial charge in [0, 0.05) is 11.1 Å². The number of carbonyl (C=O) groups is 1. The van der Waals surface area contributed by atoms with Crippen LogP contribution in [-0.4, -0.2) is 5.78 Å². The van der Waals surface area contributed by atoms with Crippen molar-refractivity contribution in [3.8, 4) is 50.6 Å². The molecule has 0 heterocycles. The lowest BCUT2D eigenvalue weighted by Gasteiger charge is -2.08. The summed E-state index contributed by atoms with van der Waals surface area (Å²) in [5.41, 5.74) is 11.1. The topological polar surface area (TPSA) is 40.9 Å². The summed E-state index contributed by atoms with van der Waals surface area (Å²) in [5, 5.41) is 9.01. The van der Waals surface area contributed by atoms with E-state index in [2.05, 4.69) is 78.9 Å². The summed E-state index contributed by atoms with van der Waals surface area (Å²) in [6.07, 6.45) is 0. The van der Waals surface area contributed by atoms with Gasteiger partial charge in [0.25, 0.3) is 0 Å². The highest BCUT2D eigenvalue weighted by Crippen LogP contribution is 2.29. The first-order valence-corrected chi connectivity index (χ1v) is 13.2. The molecule has 0 unspecified atom stereocenters. The molecule has 2 nitrogen and oxygen atoms in total. The Morgan fingerprint density at radius 1 is 0.375 bits per heavy atom. The third-order valence-corrected chi connectivity index (χ3v) is 7.19. The van der Waals surface area contributed by atoms with Crippen LogP contribution in [0.5, 0.6) is 0 Å². The van der Waals surface area contributed by atoms with Gasteiger partial charge in [-0.3, -0.25) is 4.79 Å². The fraction of sp³-hybridized carbons (Fsp3) is 0. The highest BCUT2D eigenvalue weighted by molar-refractivity contribution is 6.09. The average molecular weight is 512 g/mol. The molecule has 2 heteroatoms. The van der Waals surface area contributed by atoms with Crippen molar-refractivity contribution in [3.05, 3.63) is 168 Å². The molecule has 0 aromatic heterocycles. The number of hydrogen-bond donors (Lipinski definition) is 0. The van der Waals surface area contributed by atoms with E-state index in [9.17, 15) is 4.79 Å². The van der Waals surface area contributed by atoms with Crippen LogP contribution in [0.1, 0.15) is 21.5 Å². The molecule has 40 heavy (non-hydrogen) atoms. The monoisotopic (exact) mass is 511 g/mol. The molecule has 6 rings (SSSR count). The molecule has 6 aromatic carbocycles. The summed E-state index contributed by atoms with van der Waals surface area (Å²) in [4.78, 5) is 12.7. The van der Waals surface area contributed by atoms with Gasteiger partial charge in [0.05, 0.1) is 11.6 Å². The van der Waals surface area contributed by atoms with Gasteiger partial charge in [-0.05, 0) is 56.6 Å². The molecule has 0 spiro atoms. The van der Waals surface area contributed by atoms with Crippen molar-refractivity contribution in [1.82, 2.24) is 0 Å². The van der Waals surface area contributed by atoms with Gasteiger partial charge in [0.1, 0.15) is 0 Å². The summed E-state index contributed by atoms with van der Waals surface area (Å²) in [7, 11) is 0. The van der Waals surface area contributed by atoms with Crippen LogP contribution >= 0.6 is 0 Å².